The van der Waals surface area contributed by atoms with E-state index in [1.165, 1.54) is 0 Å². The summed E-state index contributed by atoms with van der Waals surface area (Å²) in [6.45, 7) is 3.59. The van der Waals surface area contributed by atoms with Crippen molar-refractivity contribution in [3.05, 3.63) is 0 Å². The normalized spacial score (nSPS) is 7.20. The molecule has 0 aliphatic heterocycles. The minimum absolute atomic E-state index is 0. The predicted octanol–water partition coefficient (Wildman–Crippen LogP) is 0.847. The molecule has 0 aromatic rings. The van der Waals surface area contributed by atoms with E-state index < -0.39 is 0 Å². The van der Waals surface area contributed by atoms with Gasteiger partial charge < -0.3 is 50.5 Å². The quantitative estimate of drug-likeness (QED) is 0.480. The molecule has 0 aromatic carbocycles. The molecule has 0 unspecified atom stereocenters. The van der Waals surface area contributed by atoms with Crippen molar-refractivity contribution in [3.8, 4) is 0 Å². The molecule has 64 valence electrons. The summed E-state index contributed by atoms with van der Waals surface area (Å²) < 4.78 is 0. The summed E-state index contributed by atoms with van der Waals surface area (Å²) in [4.78, 5) is 0. The summed E-state index contributed by atoms with van der Waals surface area (Å²) in [6.07, 6.45) is 0. The fraction of sp³-hybridized carbons (Fsp3) is 1.00. The van der Waals surface area contributed by atoms with E-state index in [2.05, 4.69) is 50.5 Å². The summed E-state index contributed by atoms with van der Waals surface area (Å²) in [5.41, 5.74) is 0. The summed E-state index contributed by atoms with van der Waals surface area (Å²) in [6, 6.07) is 0. The third-order valence-corrected chi connectivity index (χ3v) is 0. The molecular weight excluding hydrogens is 288 g/mol. The molecule has 0 amide bonds. The zero-order chi connectivity index (χ0) is 7.15. The molecular formula is C4H8Fe2S4. The van der Waals surface area contributed by atoms with Gasteiger partial charge >= 0.3 is 34.1 Å². The molecule has 6 heteroatoms. The van der Waals surface area contributed by atoms with Gasteiger partial charge in [-0.1, -0.05) is 0 Å². The van der Waals surface area contributed by atoms with Gasteiger partial charge in [0.2, 0.25) is 0 Å². The largest absolute Gasteiger partial charge is 2.00 e. The van der Waals surface area contributed by atoms with Crippen LogP contribution in [0.1, 0.15) is 13.8 Å². The van der Waals surface area contributed by atoms with Crippen molar-refractivity contribution < 1.29 is 34.1 Å². The second-order valence-corrected chi connectivity index (χ2v) is 4.56. The Kier molecular flexibility index (Phi) is 40.0. The predicted molar refractivity (Wildman–Crippen MR) is 48.4 cm³/mol. The van der Waals surface area contributed by atoms with Crippen LogP contribution in [0.4, 0.5) is 0 Å². The Balaban J connectivity index is -0.0000000300. The molecule has 0 atom stereocenters. The van der Waals surface area contributed by atoms with Crippen molar-refractivity contribution in [3.63, 3.8) is 0 Å². The first-order valence-electron chi connectivity index (χ1n) is 2.10. The Bertz CT molecular complexity index is 30.7. The fourth-order valence-corrected chi connectivity index (χ4v) is 0. The maximum absolute atomic E-state index is 4.44. The molecule has 0 heterocycles. The second kappa shape index (κ2) is 17.5. The monoisotopic (exact) mass is 296 g/mol. The van der Waals surface area contributed by atoms with Crippen LogP contribution in [0.5, 0.6) is 0 Å². The molecule has 0 N–H and O–H groups in total. The first-order valence-corrected chi connectivity index (χ1v) is 3.98. The van der Waals surface area contributed by atoms with E-state index in [0.29, 0.717) is 0 Å². The molecule has 0 aromatic heterocycles. The van der Waals surface area contributed by atoms with E-state index in [9.17, 15) is 0 Å². The van der Waals surface area contributed by atoms with Gasteiger partial charge in [-0.15, -0.1) is 13.8 Å². The van der Waals surface area contributed by atoms with Crippen molar-refractivity contribution in [1.29, 1.82) is 0 Å². The van der Waals surface area contributed by atoms with Gasteiger partial charge in [-0.25, -0.2) is 0 Å². The van der Waals surface area contributed by atoms with Gasteiger partial charge in [-0.3, -0.25) is 9.16 Å². The summed E-state index contributed by atoms with van der Waals surface area (Å²) in [5, 5.41) is 0. The first-order chi connectivity index (χ1) is 3.46. The Morgan fingerprint density at radius 1 is 0.700 bits per heavy atom. The van der Waals surface area contributed by atoms with Crippen molar-refractivity contribution in [2.24, 2.45) is 0 Å². The van der Waals surface area contributed by atoms with Crippen LogP contribution in [0.15, 0.2) is 0 Å². The maximum Gasteiger partial charge on any atom is 2.00 e. The standard InChI is InChI=1S/2C2H6S2.2Fe/c2*1-2(3)4;;/h2*2-4H,1H3;;/q;;2*+2/p-4. The molecule has 0 spiro atoms. The molecule has 0 nitrogen and oxygen atoms in total. The Morgan fingerprint density at radius 2 is 0.700 bits per heavy atom. The average Bonchev–Trinajstić information content (AvgIpc) is 1.25. The third kappa shape index (κ3) is 156. The topological polar surface area (TPSA) is 0 Å². The van der Waals surface area contributed by atoms with Gasteiger partial charge in [-0.05, 0) is 0 Å². The van der Waals surface area contributed by atoms with Gasteiger partial charge in [-0.2, -0.15) is 0 Å². The van der Waals surface area contributed by atoms with Gasteiger partial charge in [0.25, 0.3) is 0 Å². The maximum atomic E-state index is 4.44. The smallest absolute Gasteiger partial charge is 0.815 e. The molecule has 0 bridgehead atoms. The van der Waals surface area contributed by atoms with Crippen molar-refractivity contribution >= 4 is 50.5 Å². The van der Waals surface area contributed by atoms with Gasteiger partial charge in [0.05, 0.1) is 0 Å². The molecule has 0 radical (unpaired) electrons. The third-order valence-electron chi connectivity index (χ3n) is 0. The van der Waals surface area contributed by atoms with Gasteiger partial charge in [0.15, 0.2) is 0 Å². The Morgan fingerprint density at radius 3 is 0.700 bits per heavy atom. The van der Waals surface area contributed by atoms with E-state index in [-0.39, 0.29) is 43.3 Å². The average molecular weight is 296 g/mol. The van der Waals surface area contributed by atoms with Crippen LogP contribution < -0.4 is 0 Å². The summed E-state index contributed by atoms with van der Waals surface area (Å²) in [7, 11) is 0. The van der Waals surface area contributed by atoms with Crippen LogP contribution >= 0.6 is 0 Å². The van der Waals surface area contributed by atoms with Gasteiger partial charge in [0, 0.05) is 0 Å². The Hall–Kier alpha value is 2.44. The van der Waals surface area contributed by atoms with Crippen LogP contribution in [0.25, 0.3) is 0 Å². The minimum atomic E-state index is 0. The van der Waals surface area contributed by atoms with Crippen LogP contribution in [-0.2, 0) is 84.7 Å². The SMILES string of the molecule is CC([S-])[S-].CC([S-])[S-].[Fe+2].[Fe+2]. The summed E-state index contributed by atoms with van der Waals surface area (Å²) >= 11 is 17.7. The van der Waals surface area contributed by atoms with E-state index in [1.54, 1.807) is 13.8 Å². The number of hydrogen-bond donors (Lipinski definition) is 0. The fourth-order valence-electron chi connectivity index (χ4n) is 0. The molecule has 0 saturated heterocycles. The summed E-state index contributed by atoms with van der Waals surface area (Å²) in [5.74, 6) is 0. The van der Waals surface area contributed by atoms with Crippen LogP contribution in [0, 0.1) is 0 Å². The van der Waals surface area contributed by atoms with Gasteiger partial charge in [0.1, 0.15) is 0 Å². The molecule has 0 rings (SSSR count). The molecule has 0 aliphatic carbocycles. The molecule has 10 heavy (non-hydrogen) atoms. The second-order valence-electron chi connectivity index (χ2n) is 1.14. The molecule has 0 fully saturated rings. The van der Waals surface area contributed by atoms with Crippen molar-refractivity contribution in [1.82, 2.24) is 0 Å². The van der Waals surface area contributed by atoms with E-state index in [1.807, 2.05) is 0 Å². The Labute approximate surface area is 107 Å². The number of rotatable bonds is 0. The number of hydrogen-bond acceptors (Lipinski definition) is 4. The van der Waals surface area contributed by atoms with Crippen molar-refractivity contribution in [2.75, 3.05) is 0 Å². The molecule has 0 aliphatic rings. The molecule has 0 saturated carbocycles. The van der Waals surface area contributed by atoms with Crippen LogP contribution in [-0.4, -0.2) is 9.16 Å². The van der Waals surface area contributed by atoms with Crippen molar-refractivity contribution in [2.45, 2.75) is 23.0 Å². The van der Waals surface area contributed by atoms with E-state index >= 15 is 0 Å². The first kappa shape index (κ1) is 22.9. The minimum Gasteiger partial charge on any atom is -0.815 e. The van der Waals surface area contributed by atoms with Crippen LogP contribution in [0.2, 0.25) is 0 Å². The van der Waals surface area contributed by atoms with E-state index in [0.717, 1.165) is 0 Å². The van der Waals surface area contributed by atoms with Crippen LogP contribution in [0.3, 0.4) is 0 Å². The zero-order valence-corrected chi connectivity index (χ0v) is 11.0. The zero-order valence-electron chi connectivity index (χ0n) is 5.49. The van der Waals surface area contributed by atoms with E-state index in [4.69, 9.17) is 0 Å².